The van der Waals surface area contributed by atoms with Crippen molar-refractivity contribution in [3.8, 4) is 0 Å². The van der Waals surface area contributed by atoms with E-state index in [0.29, 0.717) is 18.4 Å². The lowest BCUT2D eigenvalue weighted by atomic mass is 9.54. The Morgan fingerprint density at radius 1 is 1.28 bits per heavy atom. The molecule has 6 atom stereocenters. The summed E-state index contributed by atoms with van der Waals surface area (Å²) in [7, 11) is 0. The summed E-state index contributed by atoms with van der Waals surface area (Å²) < 4.78 is 17.0. The number of ketones is 1. The smallest absolute Gasteiger partial charge is 0.341 e. The molecule has 2 fully saturated rings. The predicted molar refractivity (Wildman–Crippen MR) is 104 cm³/mol. The molecule has 0 aromatic rings. The number of carbonyl (C=O) groups is 3. The van der Waals surface area contributed by atoms with Crippen LogP contribution in [-0.4, -0.2) is 51.8 Å². The maximum Gasteiger partial charge on any atom is 0.341 e. The van der Waals surface area contributed by atoms with Gasteiger partial charge in [-0.25, -0.2) is 4.79 Å². The molecule has 0 unspecified atom stereocenters. The average molecular weight is 408 g/mol. The molecule has 3 rings (SSSR count). The summed E-state index contributed by atoms with van der Waals surface area (Å²) in [6.45, 7) is 11.7. The van der Waals surface area contributed by atoms with Gasteiger partial charge < -0.3 is 19.3 Å². The zero-order valence-corrected chi connectivity index (χ0v) is 18.3. The van der Waals surface area contributed by atoms with Crippen LogP contribution in [-0.2, 0) is 28.6 Å². The van der Waals surface area contributed by atoms with E-state index in [1.807, 2.05) is 6.92 Å². The number of carbonyl (C=O) groups excluding carboxylic acids is 3. The Labute approximate surface area is 171 Å². The van der Waals surface area contributed by atoms with Crippen molar-refractivity contribution in [2.75, 3.05) is 0 Å². The molecule has 2 aliphatic carbocycles. The molecular formula is C22H32O7. The number of rotatable bonds is 4. The number of ether oxygens (including phenoxy) is 3. The number of aliphatic hydroxyl groups is 1. The lowest BCUT2D eigenvalue weighted by Crippen LogP contribution is -2.61. The standard InChI is InChI=1S/C22H32O7/c1-12-21(6,28-12)18(25)27-17-8-9-20(5)11-15(24)14(19(3,4)26)10-16(20)22(17,7)29-13(2)23/h10,12,16-17,26H,8-9,11H2,1-7H3/t12-,16-,17-,20-,21+,22+/m1/s1. The molecule has 162 valence electrons. The van der Waals surface area contributed by atoms with Gasteiger partial charge in [0.2, 0.25) is 0 Å². The minimum absolute atomic E-state index is 0.107. The first kappa shape index (κ1) is 22.0. The number of hydrogen-bond donors (Lipinski definition) is 1. The minimum Gasteiger partial charge on any atom is -0.456 e. The molecule has 1 heterocycles. The minimum atomic E-state index is -1.32. The number of epoxide rings is 1. The summed E-state index contributed by atoms with van der Waals surface area (Å²) in [5, 5.41) is 10.5. The fourth-order valence-electron chi connectivity index (χ4n) is 5.04. The highest BCUT2D eigenvalue weighted by Crippen LogP contribution is 2.55. The molecular weight excluding hydrogens is 376 g/mol. The molecule has 0 aromatic carbocycles. The van der Waals surface area contributed by atoms with Crippen LogP contribution in [0.15, 0.2) is 11.6 Å². The van der Waals surface area contributed by atoms with Crippen molar-refractivity contribution >= 4 is 17.7 Å². The van der Waals surface area contributed by atoms with Crippen LogP contribution in [0, 0.1) is 11.3 Å². The second-order valence-electron chi connectivity index (χ2n) is 9.95. The van der Waals surface area contributed by atoms with Gasteiger partial charge in [0.1, 0.15) is 6.10 Å². The first-order valence-electron chi connectivity index (χ1n) is 10.2. The van der Waals surface area contributed by atoms with Crippen molar-refractivity contribution in [3.63, 3.8) is 0 Å². The second-order valence-corrected chi connectivity index (χ2v) is 9.95. The Kier molecular flexibility index (Phi) is 5.03. The SMILES string of the molecule is CC(=O)O[C@@]1(C)[C@@H]2C=C(C(C)(C)O)C(=O)C[C@@]2(C)CC[C@H]1OC(=O)[C@@]1(C)O[C@@H]1C. The van der Waals surface area contributed by atoms with Crippen LogP contribution >= 0.6 is 0 Å². The van der Waals surface area contributed by atoms with E-state index >= 15 is 0 Å². The van der Waals surface area contributed by atoms with Crippen LogP contribution < -0.4 is 0 Å². The first-order chi connectivity index (χ1) is 13.1. The quantitative estimate of drug-likeness (QED) is 0.563. The Balaban J connectivity index is 2.01. The molecule has 0 radical (unpaired) electrons. The Morgan fingerprint density at radius 3 is 2.34 bits per heavy atom. The van der Waals surface area contributed by atoms with Gasteiger partial charge in [-0.2, -0.15) is 0 Å². The van der Waals surface area contributed by atoms with E-state index in [4.69, 9.17) is 14.2 Å². The van der Waals surface area contributed by atoms with Gasteiger partial charge in [0, 0.05) is 24.8 Å². The van der Waals surface area contributed by atoms with Crippen molar-refractivity contribution in [1.82, 2.24) is 0 Å². The maximum atomic E-state index is 12.7. The van der Waals surface area contributed by atoms with Gasteiger partial charge in [0.15, 0.2) is 17.0 Å². The third kappa shape index (κ3) is 3.63. The van der Waals surface area contributed by atoms with Crippen molar-refractivity contribution in [2.24, 2.45) is 11.3 Å². The fourth-order valence-corrected chi connectivity index (χ4v) is 5.04. The highest BCUT2D eigenvalue weighted by atomic mass is 16.7. The van der Waals surface area contributed by atoms with Crippen molar-refractivity contribution in [3.05, 3.63) is 11.6 Å². The monoisotopic (exact) mass is 408 g/mol. The van der Waals surface area contributed by atoms with Crippen molar-refractivity contribution in [2.45, 2.75) is 96.7 Å². The topological polar surface area (TPSA) is 102 Å². The summed E-state index contributed by atoms with van der Waals surface area (Å²) in [5.74, 6) is -1.47. The van der Waals surface area contributed by atoms with E-state index in [0.717, 1.165) is 0 Å². The van der Waals surface area contributed by atoms with Crippen LogP contribution in [0.2, 0.25) is 0 Å². The third-order valence-electron chi connectivity index (χ3n) is 7.00. The molecule has 0 spiro atoms. The van der Waals surface area contributed by atoms with E-state index in [-0.39, 0.29) is 18.3 Å². The maximum absolute atomic E-state index is 12.7. The second kappa shape index (κ2) is 6.64. The van der Waals surface area contributed by atoms with Gasteiger partial charge >= 0.3 is 11.9 Å². The molecule has 1 aliphatic heterocycles. The fraction of sp³-hybridized carbons (Fsp3) is 0.773. The molecule has 0 bridgehead atoms. The first-order valence-corrected chi connectivity index (χ1v) is 10.2. The molecule has 1 N–H and O–H groups in total. The third-order valence-corrected chi connectivity index (χ3v) is 7.00. The Morgan fingerprint density at radius 2 is 1.86 bits per heavy atom. The summed E-state index contributed by atoms with van der Waals surface area (Å²) >= 11 is 0. The van der Waals surface area contributed by atoms with Gasteiger partial charge in [-0.05, 0) is 52.9 Å². The molecule has 1 saturated heterocycles. The van der Waals surface area contributed by atoms with E-state index < -0.39 is 46.2 Å². The van der Waals surface area contributed by atoms with E-state index in [9.17, 15) is 19.5 Å². The van der Waals surface area contributed by atoms with E-state index in [1.54, 1.807) is 40.7 Å². The molecule has 3 aliphatic rings. The molecule has 7 nitrogen and oxygen atoms in total. The van der Waals surface area contributed by atoms with E-state index in [2.05, 4.69) is 0 Å². The van der Waals surface area contributed by atoms with Crippen LogP contribution in [0.4, 0.5) is 0 Å². The van der Waals surface area contributed by atoms with Crippen molar-refractivity contribution in [1.29, 1.82) is 0 Å². The lowest BCUT2D eigenvalue weighted by molar-refractivity contribution is -0.212. The molecule has 7 heteroatoms. The van der Waals surface area contributed by atoms with Crippen LogP contribution in [0.1, 0.15) is 67.7 Å². The van der Waals surface area contributed by atoms with Crippen molar-refractivity contribution < 1.29 is 33.7 Å². The highest BCUT2D eigenvalue weighted by molar-refractivity contribution is 5.98. The van der Waals surface area contributed by atoms with Crippen LogP contribution in [0.3, 0.4) is 0 Å². The summed E-state index contributed by atoms with van der Waals surface area (Å²) in [6.07, 6.45) is 2.15. The Hall–Kier alpha value is -1.73. The van der Waals surface area contributed by atoms with Crippen LogP contribution in [0.25, 0.3) is 0 Å². The summed E-state index contributed by atoms with van der Waals surface area (Å²) in [4.78, 5) is 37.4. The summed E-state index contributed by atoms with van der Waals surface area (Å²) in [5.41, 5.74) is -3.62. The number of Topliss-reactive ketones (excluding diaryl/α,β-unsaturated/α-hetero) is 1. The van der Waals surface area contributed by atoms with Gasteiger partial charge in [-0.3, -0.25) is 9.59 Å². The lowest BCUT2D eigenvalue weighted by Gasteiger charge is -2.55. The molecule has 0 amide bonds. The van der Waals surface area contributed by atoms with Crippen LogP contribution in [0.5, 0.6) is 0 Å². The van der Waals surface area contributed by atoms with Gasteiger partial charge in [0.05, 0.1) is 11.7 Å². The normalized spacial score (nSPS) is 41.9. The predicted octanol–water partition coefficient (Wildman–Crippen LogP) is 2.48. The number of esters is 2. The highest BCUT2D eigenvalue weighted by Gasteiger charge is 2.62. The zero-order valence-electron chi connectivity index (χ0n) is 18.3. The van der Waals surface area contributed by atoms with Gasteiger partial charge in [-0.15, -0.1) is 0 Å². The average Bonchev–Trinajstić information content (AvgIpc) is 3.16. The van der Waals surface area contributed by atoms with Gasteiger partial charge in [0.25, 0.3) is 0 Å². The molecule has 1 saturated carbocycles. The summed E-state index contributed by atoms with van der Waals surface area (Å²) in [6, 6.07) is 0. The van der Waals surface area contributed by atoms with E-state index in [1.165, 1.54) is 6.92 Å². The van der Waals surface area contributed by atoms with Gasteiger partial charge in [-0.1, -0.05) is 13.0 Å². The molecule has 29 heavy (non-hydrogen) atoms. The Bertz CT molecular complexity index is 779. The largest absolute Gasteiger partial charge is 0.456 e. The zero-order chi connectivity index (χ0) is 22.0. The number of fused-ring (bicyclic) bond motifs is 1. The molecule has 0 aromatic heterocycles. The number of hydrogen-bond acceptors (Lipinski definition) is 7.